The number of hydrogen-bond acceptors (Lipinski definition) is 6. The van der Waals surface area contributed by atoms with Crippen LogP contribution in [0.4, 0.5) is 4.79 Å². The Morgan fingerprint density at radius 3 is 2.56 bits per heavy atom. The molecule has 1 aliphatic heterocycles. The number of carbonyl (C=O) groups is 3. The summed E-state index contributed by atoms with van der Waals surface area (Å²) in [5, 5.41) is 12.9. The van der Waals surface area contributed by atoms with Crippen LogP contribution in [0, 0.1) is 0 Å². The van der Waals surface area contributed by atoms with E-state index in [0.29, 0.717) is 20.3 Å². The van der Waals surface area contributed by atoms with Gasteiger partial charge in [-0.05, 0) is 0 Å². The van der Waals surface area contributed by atoms with Gasteiger partial charge in [-0.15, -0.1) is 0 Å². The summed E-state index contributed by atoms with van der Waals surface area (Å²) in [7, 11) is 1.24. The molecule has 0 unspecified atom stereocenters. The zero-order valence-electron chi connectivity index (χ0n) is 10.1. The number of amides is 1. The van der Waals surface area contributed by atoms with Gasteiger partial charge < -0.3 is 14.8 Å². The number of methoxy groups -OCH3 is 1. The second-order valence-corrected chi connectivity index (χ2v) is 5.20. The Morgan fingerprint density at radius 1 is 1.72 bits per heavy atom. The molecule has 0 aliphatic carbocycles. The quantitative estimate of drug-likeness (QED) is 0.412. The van der Waals surface area contributed by atoms with Gasteiger partial charge in [0.1, 0.15) is 6.61 Å². The maximum absolute atomic E-state index is 10.4. The van der Waals surface area contributed by atoms with Crippen molar-refractivity contribution in [1.29, 1.82) is 0 Å². The van der Waals surface area contributed by atoms with Crippen LogP contribution in [0.25, 0.3) is 0 Å². The molecule has 1 aliphatic rings. The molecule has 0 bridgehead atoms. The SMILES string of the molecule is COC(=O)N[C@H]1COC1=O.C[Se]C[C@H]([NH3+])C(=O)[O-]. The van der Waals surface area contributed by atoms with Gasteiger partial charge in [0.25, 0.3) is 0 Å². The number of alkyl carbamates (subject to hydrolysis) is 1. The fourth-order valence-electron chi connectivity index (χ4n) is 0.806. The van der Waals surface area contributed by atoms with Gasteiger partial charge in [-0.3, -0.25) is 0 Å². The van der Waals surface area contributed by atoms with Gasteiger partial charge in [0.05, 0.1) is 7.11 Å². The van der Waals surface area contributed by atoms with Crippen molar-refractivity contribution < 1.29 is 34.7 Å². The molecule has 8 nitrogen and oxygen atoms in total. The molecule has 4 N–H and O–H groups in total. The molecular weight excluding hydrogens is 311 g/mol. The molecule has 0 radical (unpaired) electrons. The van der Waals surface area contributed by atoms with E-state index in [1.807, 2.05) is 5.82 Å². The maximum atomic E-state index is 10.4. The number of esters is 1. The van der Waals surface area contributed by atoms with Crippen molar-refractivity contribution in [2.75, 3.05) is 13.7 Å². The van der Waals surface area contributed by atoms with Crippen LogP contribution in [0.5, 0.6) is 0 Å². The molecule has 104 valence electrons. The molecule has 2 atom stereocenters. The molecule has 0 saturated carbocycles. The number of carboxylic acids is 1. The summed E-state index contributed by atoms with van der Waals surface area (Å²) < 4.78 is 8.63. The van der Waals surface area contributed by atoms with Crippen LogP contribution in [0.15, 0.2) is 0 Å². The van der Waals surface area contributed by atoms with Crippen LogP contribution in [0.3, 0.4) is 0 Å². The fraction of sp³-hybridized carbons (Fsp3) is 0.667. The number of cyclic esters (lactones) is 1. The van der Waals surface area contributed by atoms with E-state index in [1.165, 1.54) is 7.11 Å². The molecule has 18 heavy (non-hydrogen) atoms. The van der Waals surface area contributed by atoms with Gasteiger partial charge in [-0.25, -0.2) is 9.59 Å². The Morgan fingerprint density at radius 2 is 2.33 bits per heavy atom. The van der Waals surface area contributed by atoms with Crippen molar-refractivity contribution >= 4 is 33.0 Å². The average molecular weight is 327 g/mol. The Bertz CT molecular complexity index is 311. The van der Waals surface area contributed by atoms with E-state index in [9.17, 15) is 19.5 Å². The molecule has 1 heterocycles. The third kappa shape index (κ3) is 6.43. The Hall–Kier alpha value is -1.31. The van der Waals surface area contributed by atoms with Crippen molar-refractivity contribution in [1.82, 2.24) is 5.32 Å². The summed E-state index contributed by atoms with van der Waals surface area (Å²) in [5.74, 6) is 0.535. The molecule has 1 amide bonds. The average Bonchev–Trinajstić information content (AvgIpc) is 2.34. The molecule has 0 spiro atoms. The molecule has 0 aromatic heterocycles. The zero-order valence-corrected chi connectivity index (χ0v) is 11.8. The predicted molar refractivity (Wildman–Crippen MR) is 58.4 cm³/mol. The van der Waals surface area contributed by atoms with Gasteiger partial charge in [-0.2, -0.15) is 0 Å². The predicted octanol–water partition coefficient (Wildman–Crippen LogP) is -3.21. The standard InChI is InChI=1S/C5H7NO4.C4H9NO2Se/c1-9-5(8)6-3-2-10-4(3)7;1-8-2-3(5)4(6)7/h3H,2H2,1H3,(H,6,8);3H,2,5H2,1H3,(H,6,7)/t2*3-/m00/s1. The Kier molecular flexibility index (Phi) is 8.10. The summed E-state index contributed by atoms with van der Waals surface area (Å²) in [5.41, 5.74) is 3.38. The first-order valence-corrected chi connectivity index (χ1v) is 7.88. The minimum absolute atomic E-state index is 0.244. The van der Waals surface area contributed by atoms with Crippen LogP contribution < -0.4 is 16.2 Å². The van der Waals surface area contributed by atoms with Crippen LogP contribution in [-0.4, -0.2) is 58.8 Å². The molecule has 9 heteroatoms. The molecule has 1 saturated heterocycles. The molecule has 0 aromatic rings. The van der Waals surface area contributed by atoms with Crippen molar-refractivity contribution in [3.63, 3.8) is 0 Å². The first-order valence-electron chi connectivity index (χ1n) is 4.96. The van der Waals surface area contributed by atoms with Gasteiger partial charge in [0.2, 0.25) is 0 Å². The van der Waals surface area contributed by atoms with E-state index in [2.05, 4.69) is 20.5 Å². The fourth-order valence-corrected chi connectivity index (χ4v) is 1.94. The monoisotopic (exact) mass is 328 g/mol. The summed E-state index contributed by atoms with van der Waals surface area (Å²) in [6.45, 7) is 0.244. The molecule has 1 fully saturated rings. The number of carbonyl (C=O) groups excluding carboxylic acids is 3. The Balaban J connectivity index is 0.000000331. The number of carboxylic acid groups (broad SMARTS) is 1. The van der Waals surface area contributed by atoms with Crippen molar-refractivity contribution in [3.8, 4) is 0 Å². The number of aliphatic carboxylic acids is 1. The third-order valence-corrected chi connectivity index (χ3v) is 3.40. The van der Waals surface area contributed by atoms with E-state index >= 15 is 0 Å². The van der Waals surface area contributed by atoms with E-state index in [4.69, 9.17) is 0 Å². The molecular formula is C9H16N2O6Se. The summed E-state index contributed by atoms with van der Waals surface area (Å²) in [6, 6.07) is -1.01. The molecule has 1 rings (SSSR count). The second kappa shape index (κ2) is 8.73. The Labute approximate surface area is 110 Å². The third-order valence-electron chi connectivity index (χ3n) is 1.86. The van der Waals surface area contributed by atoms with Crippen LogP contribution in [0.2, 0.25) is 11.1 Å². The van der Waals surface area contributed by atoms with Gasteiger partial charge in [0, 0.05) is 0 Å². The van der Waals surface area contributed by atoms with Gasteiger partial charge >= 0.3 is 65.8 Å². The summed E-state index contributed by atoms with van der Waals surface area (Å²) in [4.78, 5) is 30.7. The van der Waals surface area contributed by atoms with Crippen LogP contribution in [0.1, 0.15) is 0 Å². The topological polar surface area (TPSA) is 132 Å². The van der Waals surface area contributed by atoms with E-state index < -0.39 is 30.1 Å². The first kappa shape index (κ1) is 16.7. The van der Waals surface area contributed by atoms with Crippen molar-refractivity contribution in [2.45, 2.75) is 23.2 Å². The van der Waals surface area contributed by atoms with Crippen molar-refractivity contribution in [3.05, 3.63) is 0 Å². The second-order valence-electron chi connectivity index (χ2n) is 3.29. The number of quaternary nitrogens is 1. The summed E-state index contributed by atoms with van der Waals surface area (Å²) >= 11 is 0.395. The van der Waals surface area contributed by atoms with Crippen LogP contribution >= 0.6 is 0 Å². The van der Waals surface area contributed by atoms with Gasteiger partial charge in [0.15, 0.2) is 6.04 Å². The number of nitrogens with one attached hydrogen (secondary N) is 1. The number of rotatable bonds is 4. The van der Waals surface area contributed by atoms with E-state index in [1.54, 1.807) is 0 Å². The zero-order chi connectivity index (χ0) is 14.1. The molecule has 0 aromatic carbocycles. The summed E-state index contributed by atoms with van der Waals surface area (Å²) in [6.07, 6.45) is -0.610. The number of ether oxygens (including phenoxy) is 2. The number of hydrogen-bond donors (Lipinski definition) is 2. The van der Waals surface area contributed by atoms with Crippen molar-refractivity contribution in [2.24, 2.45) is 0 Å². The van der Waals surface area contributed by atoms with E-state index in [0.717, 1.165) is 0 Å². The van der Waals surface area contributed by atoms with E-state index in [-0.39, 0.29) is 6.61 Å². The van der Waals surface area contributed by atoms with Crippen LogP contribution in [-0.2, 0) is 19.1 Å². The minimum atomic E-state index is -1.03. The normalized spacial score (nSPS) is 18.4. The first-order chi connectivity index (χ1) is 8.42. The van der Waals surface area contributed by atoms with Gasteiger partial charge in [-0.1, -0.05) is 0 Å².